The molecule has 0 aromatic heterocycles. The van der Waals surface area contributed by atoms with Crippen molar-refractivity contribution in [1.82, 2.24) is 4.31 Å². The van der Waals surface area contributed by atoms with Gasteiger partial charge in [-0.2, -0.15) is 0 Å². The molecule has 0 heterocycles. The fourth-order valence-electron chi connectivity index (χ4n) is 1.62. The van der Waals surface area contributed by atoms with Crippen LogP contribution in [0.5, 0.6) is 0 Å². The van der Waals surface area contributed by atoms with Crippen LogP contribution >= 0.6 is 0 Å². The summed E-state index contributed by atoms with van der Waals surface area (Å²) in [4.78, 5) is 0. The van der Waals surface area contributed by atoms with Crippen LogP contribution in [0.3, 0.4) is 0 Å². The van der Waals surface area contributed by atoms with E-state index in [1.54, 1.807) is 14.1 Å². The van der Waals surface area contributed by atoms with E-state index in [2.05, 4.69) is 0 Å². The molecule has 72 valence electrons. The Labute approximate surface area is 74.8 Å². The number of sulfonamides is 1. The molecule has 0 aliphatic heterocycles. The van der Waals surface area contributed by atoms with Crippen LogP contribution in [0.4, 0.5) is 0 Å². The molecule has 0 aromatic carbocycles. The second kappa shape index (κ2) is 3.75. The molecule has 0 unspecified atom stereocenters. The van der Waals surface area contributed by atoms with E-state index in [1.165, 1.54) is 17.1 Å². The Kier molecular flexibility index (Phi) is 3.12. The molecule has 0 saturated heterocycles. The van der Waals surface area contributed by atoms with Crippen molar-refractivity contribution in [3.05, 3.63) is 0 Å². The molecule has 0 aromatic rings. The lowest BCUT2D eigenvalue weighted by atomic mass is 10.1. The lowest BCUT2D eigenvalue weighted by Crippen LogP contribution is -2.28. The Morgan fingerprint density at radius 1 is 1.25 bits per heavy atom. The van der Waals surface area contributed by atoms with Crippen LogP contribution in [0.2, 0.25) is 0 Å². The number of nitrogens with zero attached hydrogens (tertiary/aromatic N) is 1. The molecule has 0 bridgehead atoms. The molecule has 1 aliphatic rings. The van der Waals surface area contributed by atoms with Gasteiger partial charge in [-0.1, -0.05) is 12.8 Å². The predicted octanol–water partition coefficient (Wildman–Crippen LogP) is 1.07. The third kappa shape index (κ3) is 2.45. The molecule has 0 atom stereocenters. The van der Waals surface area contributed by atoms with E-state index in [9.17, 15) is 8.42 Å². The Bertz CT molecular complexity index is 227. The van der Waals surface area contributed by atoms with E-state index in [0.717, 1.165) is 12.8 Å². The van der Waals surface area contributed by atoms with Crippen molar-refractivity contribution in [3.63, 3.8) is 0 Å². The van der Waals surface area contributed by atoms with E-state index in [4.69, 9.17) is 0 Å². The van der Waals surface area contributed by atoms with Crippen LogP contribution in [0.1, 0.15) is 25.7 Å². The first kappa shape index (κ1) is 9.99. The molecule has 1 rings (SSSR count). The van der Waals surface area contributed by atoms with E-state index < -0.39 is 10.0 Å². The maximum atomic E-state index is 11.4. The van der Waals surface area contributed by atoms with Crippen LogP contribution in [0.15, 0.2) is 0 Å². The van der Waals surface area contributed by atoms with Gasteiger partial charge in [-0.05, 0) is 18.8 Å². The van der Waals surface area contributed by atoms with Crippen LogP contribution in [-0.4, -0.2) is 32.6 Å². The number of hydrogen-bond acceptors (Lipinski definition) is 2. The fraction of sp³-hybridized carbons (Fsp3) is 1.00. The summed E-state index contributed by atoms with van der Waals surface area (Å²) in [6, 6.07) is 0. The summed E-state index contributed by atoms with van der Waals surface area (Å²) in [5.74, 6) is 0.761. The van der Waals surface area contributed by atoms with Gasteiger partial charge in [0.15, 0.2) is 0 Å². The minimum atomic E-state index is -2.95. The van der Waals surface area contributed by atoms with Gasteiger partial charge in [0.1, 0.15) is 0 Å². The van der Waals surface area contributed by atoms with Crippen molar-refractivity contribution in [1.29, 1.82) is 0 Å². The average Bonchev–Trinajstić information content (AvgIpc) is 2.38. The van der Waals surface area contributed by atoms with E-state index >= 15 is 0 Å². The molecule has 3 nitrogen and oxygen atoms in total. The molecule has 1 saturated carbocycles. The van der Waals surface area contributed by atoms with Gasteiger partial charge in [0.2, 0.25) is 10.0 Å². The lowest BCUT2D eigenvalue weighted by molar-refractivity contribution is 0.498. The SMILES string of the molecule is CN(C)S(=O)(=O)CC1CCCC1. The first-order valence-corrected chi connectivity index (χ1v) is 6.03. The summed E-state index contributed by atoms with van der Waals surface area (Å²) in [6.45, 7) is 0. The van der Waals surface area contributed by atoms with Crippen LogP contribution in [0, 0.1) is 5.92 Å². The van der Waals surface area contributed by atoms with Crippen molar-refractivity contribution in [2.75, 3.05) is 19.8 Å². The van der Waals surface area contributed by atoms with Crippen molar-refractivity contribution in [3.8, 4) is 0 Å². The predicted molar refractivity (Wildman–Crippen MR) is 49.4 cm³/mol. The quantitative estimate of drug-likeness (QED) is 0.669. The van der Waals surface area contributed by atoms with Gasteiger partial charge in [0.25, 0.3) is 0 Å². The Morgan fingerprint density at radius 3 is 2.17 bits per heavy atom. The Balaban J connectivity index is 2.49. The molecule has 1 fully saturated rings. The topological polar surface area (TPSA) is 37.4 Å². The second-order valence-electron chi connectivity index (χ2n) is 3.71. The highest BCUT2D eigenvalue weighted by molar-refractivity contribution is 7.89. The van der Waals surface area contributed by atoms with Gasteiger partial charge >= 0.3 is 0 Å². The normalized spacial score (nSPS) is 20.6. The first-order chi connectivity index (χ1) is 5.52. The first-order valence-electron chi connectivity index (χ1n) is 4.42. The van der Waals surface area contributed by atoms with E-state index in [0.29, 0.717) is 11.7 Å². The minimum Gasteiger partial charge on any atom is -0.212 e. The Hall–Kier alpha value is -0.0900. The third-order valence-corrected chi connectivity index (χ3v) is 4.48. The zero-order chi connectivity index (χ0) is 9.19. The van der Waals surface area contributed by atoms with Crippen molar-refractivity contribution in [2.24, 2.45) is 5.92 Å². The smallest absolute Gasteiger partial charge is 0.212 e. The molecule has 0 spiro atoms. The Morgan fingerprint density at radius 2 is 1.75 bits per heavy atom. The summed E-state index contributed by atoms with van der Waals surface area (Å²) in [6.07, 6.45) is 4.58. The standard InChI is InChI=1S/C8H17NO2S/c1-9(2)12(10,11)7-8-5-3-4-6-8/h8H,3-7H2,1-2H3. The van der Waals surface area contributed by atoms with E-state index in [1.807, 2.05) is 0 Å². The maximum Gasteiger partial charge on any atom is 0.213 e. The number of hydrogen-bond donors (Lipinski definition) is 0. The second-order valence-corrected chi connectivity index (χ2v) is 5.94. The van der Waals surface area contributed by atoms with Crippen LogP contribution in [0.25, 0.3) is 0 Å². The van der Waals surface area contributed by atoms with Crippen LogP contribution < -0.4 is 0 Å². The van der Waals surface area contributed by atoms with Crippen molar-refractivity contribution >= 4 is 10.0 Å². The molecule has 0 radical (unpaired) electrons. The summed E-state index contributed by atoms with van der Waals surface area (Å²) in [5, 5.41) is 0. The van der Waals surface area contributed by atoms with Gasteiger partial charge in [0, 0.05) is 14.1 Å². The molecule has 1 aliphatic carbocycles. The van der Waals surface area contributed by atoms with Gasteiger partial charge in [-0.15, -0.1) is 0 Å². The highest BCUT2D eigenvalue weighted by Gasteiger charge is 2.23. The summed E-state index contributed by atoms with van der Waals surface area (Å²) < 4.78 is 24.1. The average molecular weight is 191 g/mol. The molecular weight excluding hydrogens is 174 g/mol. The van der Waals surface area contributed by atoms with Gasteiger partial charge < -0.3 is 0 Å². The molecule has 12 heavy (non-hydrogen) atoms. The van der Waals surface area contributed by atoms with Gasteiger partial charge in [-0.3, -0.25) is 0 Å². The van der Waals surface area contributed by atoms with Gasteiger partial charge in [0.05, 0.1) is 5.75 Å². The number of rotatable bonds is 3. The summed E-state index contributed by atoms with van der Waals surface area (Å²) in [5.41, 5.74) is 0. The monoisotopic (exact) mass is 191 g/mol. The van der Waals surface area contributed by atoms with Crippen molar-refractivity contribution in [2.45, 2.75) is 25.7 Å². The molecule has 4 heteroatoms. The summed E-state index contributed by atoms with van der Waals surface area (Å²) in [7, 11) is 0.255. The largest absolute Gasteiger partial charge is 0.213 e. The zero-order valence-corrected chi connectivity index (χ0v) is 8.60. The van der Waals surface area contributed by atoms with Gasteiger partial charge in [-0.25, -0.2) is 12.7 Å². The highest BCUT2D eigenvalue weighted by atomic mass is 32.2. The van der Waals surface area contributed by atoms with Crippen molar-refractivity contribution < 1.29 is 8.42 Å². The lowest BCUT2D eigenvalue weighted by Gasteiger charge is -2.14. The minimum absolute atomic E-state index is 0.347. The molecular formula is C8H17NO2S. The highest BCUT2D eigenvalue weighted by Crippen LogP contribution is 2.26. The zero-order valence-electron chi connectivity index (χ0n) is 7.78. The summed E-state index contributed by atoms with van der Waals surface area (Å²) >= 11 is 0. The molecule has 0 N–H and O–H groups in total. The van der Waals surface area contributed by atoms with E-state index in [-0.39, 0.29) is 0 Å². The third-order valence-electron chi connectivity index (χ3n) is 2.48. The molecule has 0 amide bonds. The maximum absolute atomic E-state index is 11.4. The van der Waals surface area contributed by atoms with Crippen LogP contribution in [-0.2, 0) is 10.0 Å². The fourth-order valence-corrected chi connectivity index (χ4v) is 2.85.